The molecule has 0 aliphatic rings. The molecule has 0 saturated carbocycles. The van der Waals surface area contributed by atoms with Gasteiger partial charge < -0.3 is 10.4 Å². The van der Waals surface area contributed by atoms with Gasteiger partial charge in [-0.25, -0.2) is 9.78 Å². The lowest BCUT2D eigenvalue weighted by molar-refractivity contribution is -0.141. The molecule has 0 aliphatic carbocycles. The van der Waals surface area contributed by atoms with Crippen molar-refractivity contribution < 1.29 is 14.7 Å². The Bertz CT molecular complexity index is 740. The third-order valence-corrected chi connectivity index (χ3v) is 4.60. The van der Waals surface area contributed by atoms with Crippen molar-refractivity contribution in [1.82, 2.24) is 14.7 Å². The number of fused-ring (bicyclic) bond motifs is 1. The molecule has 0 radical (unpaired) electrons. The van der Waals surface area contributed by atoms with E-state index in [0.29, 0.717) is 22.8 Å². The van der Waals surface area contributed by atoms with E-state index in [4.69, 9.17) is 5.11 Å². The fraction of sp³-hybridized carbons (Fsp3) is 0.385. The first kappa shape index (κ1) is 16.5. The topological polar surface area (TPSA) is 101 Å². The number of carboxylic acids is 1. The van der Waals surface area contributed by atoms with Crippen molar-refractivity contribution in [2.75, 3.05) is 5.75 Å². The summed E-state index contributed by atoms with van der Waals surface area (Å²) in [5, 5.41) is 13.1. The number of hydrogen-bond acceptors (Lipinski definition) is 6. The molecule has 1 unspecified atom stereocenters. The number of aliphatic carboxylic acids is 1. The van der Waals surface area contributed by atoms with Crippen molar-refractivity contribution in [1.29, 1.82) is 0 Å². The molecule has 2 aromatic rings. The van der Waals surface area contributed by atoms with Gasteiger partial charge in [0.25, 0.3) is 5.56 Å². The summed E-state index contributed by atoms with van der Waals surface area (Å²) in [6.45, 7) is 1.69. The second-order valence-corrected chi connectivity index (χ2v) is 6.36. The third-order valence-electron chi connectivity index (χ3n) is 2.88. The predicted octanol–water partition coefficient (Wildman–Crippen LogP) is 0.969. The van der Waals surface area contributed by atoms with Crippen LogP contribution in [0.2, 0.25) is 0 Å². The lowest BCUT2D eigenvalue weighted by Gasteiger charge is -2.11. The molecule has 0 aliphatic heterocycles. The summed E-state index contributed by atoms with van der Waals surface area (Å²) in [6, 6.07) is 0.579. The van der Waals surface area contributed by atoms with Crippen LogP contribution in [0.1, 0.15) is 19.0 Å². The van der Waals surface area contributed by atoms with Gasteiger partial charge in [-0.3, -0.25) is 14.0 Å². The van der Waals surface area contributed by atoms with E-state index in [1.54, 1.807) is 18.5 Å². The van der Waals surface area contributed by atoms with Gasteiger partial charge in [0, 0.05) is 23.4 Å². The number of rotatable bonds is 7. The van der Waals surface area contributed by atoms with Crippen LogP contribution in [-0.2, 0) is 15.3 Å². The molecule has 118 valence electrons. The molecule has 2 N–H and O–H groups in total. The van der Waals surface area contributed by atoms with E-state index in [2.05, 4.69) is 10.3 Å². The summed E-state index contributed by atoms with van der Waals surface area (Å²) < 4.78 is 1.46. The zero-order valence-electron chi connectivity index (χ0n) is 11.8. The van der Waals surface area contributed by atoms with Gasteiger partial charge in [-0.15, -0.1) is 23.1 Å². The molecule has 1 atom stereocenters. The van der Waals surface area contributed by atoms with Crippen LogP contribution in [0.4, 0.5) is 0 Å². The number of carbonyl (C=O) groups is 2. The number of nitrogens with zero attached hydrogens (tertiary/aromatic N) is 2. The highest BCUT2D eigenvalue weighted by Gasteiger charge is 2.17. The number of hydrogen-bond donors (Lipinski definition) is 2. The van der Waals surface area contributed by atoms with Crippen molar-refractivity contribution in [2.24, 2.45) is 0 Å². The monoisotopic (exact) mass is 341 g/mol. The smallest absolute Gasteiger partial charge is 0.326 e. The highest BCUT2D eigenvalue weighted by atomic mass is 32.2. The molecule has 2 heterocycles. The van der Waals surface area contributed by atoms with E-state index in [1.807, 2.05) is 0 Å². The van der Waals surface area contributed by atoms with E-state index in [1.165, 1.54) is 33.6 Å². The Labute approximate surface area is 134 Å². The van der Waals surface area contributed by atoms with E-state index in [0.717, 1.165) is 0 Å². The highest BCUT2D eigenvalue weighted by molar-refractivity contribution is 7.99. The summed E-state index contributed by atoms with van der Waals surface area (Å²) in [4.78, 5) is 39.2. The molecule has 1 amide bonds. The SMILES string of the molecule is CCC(NC(=O)CSCc1cc(=O)n2ccsc2n1)C(=O)O. The normalized spacial score (nSPS) is 12.2. The number of carbonyl (C=O) groups excluding carboxylic acids is 1. The minimum atomic E-state index is -1.04. The maximum Gasteiger partial charge on any atom is 0.326 e. The van der Waals surface area contributed by atoms with Gasteiger partial charge in [0.1, 0.15) is 6.04 Å². The van der Waals surface area contributed by atoms with Crippen LogP contribution in [0.15, 0.2) is 22.4 Å². The van der Waals surface area contributed by atoms with Crippen LogP contribution in [0.25, 0.3) is 4.96 Å². The Morgan fingerprint density at radius 2 is 2.32 bits per heavy atom. The Morgan fingerprint density at radius 1 is 1.55 bits per heavy atom. The van der Waals surface area contributed by atoms with Crippen LogP contribution in [0.5, 0.6) is 0 Å². The fourth-order valence-corrected chi connectivity index (χ4v) is 3.25. The van der Waals surface area contributed by atoms with Gasteiger partial charge in [-0.2, -0.15) is 0 Å². The number of amides is 1. The van der Waals surface area contributed by atoms with Crippen LogP contribution in [-0.4, -0.2) is 38.2 Å². The second kappa shape index (κ2) is 7.41. The Kier molecular flexibility index (Phi) is 5.56. The predicted molar refractivity (Wildman–Crippen MR) is 85.4 cm³/mol. The molecule has 2 rings (SSSR count). The van der Waals surface area contributed by atoms with E-state index in [9.17, 15) is 14.4 Å². The van der Waals surface area contributed by atoms with Crippen LogP contribution in [0, 0.1) is 0 Å². The molecule has 9 heteroatoms. The van der Waals surface area contributed by atoms with Crippen molar-refractivity contribution in [3.05, 3.63) is 33.7 Å². The van der Waals surface area contributed by atoms with Gasteiger partial charge in [0.05, 0.1) is 11.4 Å². The lowest BCUT2D eigenvalue weighted by Crippen LogP contribution is -2.41. The molecular formula is C13H15N3O4S2. The quantitative estimate of drug-likeness (QED) is 0.778. The zero-order chi connectivity index (χ0) is 16.1. The maximum absolute atomic E-state index is 11.8. The average molecular weight is 341 g/mol. The van der Waals surface area contributed by atoms with Crippen LogP contribution in [0.3, 0.4) is 0 Å². The van der Waals surface area contributed by atoms with Crippen molar-refractivity contribution in [3.63, 3.8) is 0 Å². The van der Waals surface area contributed by atoms with Gasteiger partial charge in [-0.1, -0.05) is 6.92 Å². The molecule has 0 spiro atoms. The van der Waals surface area contributed by atoms with E-state index >= 15 is 0 Å². The first-order valence-corrected chi connectivity index (χ1v) is 8.60. The summed E-state index contributed by atoms with van der Waals surface area (Å²) >= 11 is 2.66. The summed E-state index contributed by atoms with van der Waals surface area (Å²) in [6.07, 6.45) is 2.00. The van der Waals surface area contributed by atoms with Gasteiger partial charge in [-0.05, 0) is 6.42 Å². The molecule has 0 fully saturated rings. The number of aromatic nitrogens is 2. The molecule has 0 saturated heterocycles. The van der Waals surface area contributed by atoms with Crippen LogP contribution < -0.4 is 10.9 Å². The molecule has 22 heavy (non-hydrogen) atoms. The molecule has 2 aromatic heterocycles. The standard InChI is InChI=1S/C13H15N3O4S2/c1-2-9(12(19)20)15-10(17)7-21-6-8-5-11(18)16-3-4-22-13(16)14-8/h3-5,9H,2,6-7H2,1H3,(H,15,17)(H,19,20). The lowest BCUT2D eigenvalue weighted by atomic mass is 10.2. The minimum absolute atomic E-state index is 0.120. The molecule has 0 bridgehead atoms. The molecular weight excluding hydrogens is 326 g/mol. The van der Waals surface area contributed by atoms with Crippen molar-refractivity contribution in [2.45, 2.75) is 25.1 Å². The number of nitrogens with one attached hydrogen (secondary N) is 1. The second-order valence-electron chi connectivity index (χ2n) is 4.50. The van der Waals surface area contributed by atoms with Crippen LogP contribution >= 0.6 is 23.1 Å². The molecule has 7 nitrogen and oxygen atoms in total. The number of thioether (sulfide) groups is 1. The minimum Gasteiger partial charge on any atom is -0.480 e. The van der Waals surface area contributed by atoms with E-state index < -0.39 is 12.0 Å². The fourth-order valence-electron chi connectivity index (χ4n) is 1.78. The van der Waals surface area contributed by atoms with E-state index in [-0.39, 0.29) is 17.2 Å². The first-order chi connectivity index (χ1) is 10.5. The summed E-state index contributed by atoms with van der Waals surface area (Å²) in [5.41, 5.74) is 0.457. The highest BCUT2D eigenvalue weighted by Crippen LogP contribution is 2.12. The third kappa shape index (κ3) is 4.08. The zero-order valence-corrected chi connectivity index (χ0v) is 13.4. The van der Waals surface area contributed by atoms with Crippen molar-refractivity contribution >= 4 is 39.9 Å². The molecule has 0 aromatic carbocycles. The van der Waals surface area contributed by atoms with Gasteiger partial charge in [0.2, 0.25) is 5.91 Å². The first-order valence-electron chi connectivity index (χ1n) is 6.57. The largest absolute Gasteiger partial charge is 0.480 e. The summed E-state index contributed by atoms with van der Waals surface area (Å²) in [5.74, 6) is -0.845. The Balaban J connectivity index is 1.88. The van der Waals surface area contributed by atoms with Gasteiger partial charge >= 0.3 is 5.97 Å². The maximum atomic E-state index is 11.8. The number of carboxylic acid groups (broad SMARTS) is 1. The van der Waals surface area contributed by atoms with Crippen molar-refractivity contribution in [3.8, 4) is 0 Å². The average Bonchev–Trinajstić information content (AvgIpc) is 2.93. The Hall–Kier alpha value is -1.87. The Morgan fingerprint density at radius 3 is 3.00 bits per heavy atom. The van der Waals surface area contributed by atoms with Gasteiger partial charge in [0.15, 0.2) is 4.96 Å². The number of thiazole rings is 1. The summed E-state index contributed by atoms with van der Waals surface area (Å²) in [7, 11) is 0.